The molecule has 0 atom stereocenters. The molecule has 0 amide bonds. The van der Waals surface area contributed by atoms with E-state index in [1.54, 1.807) is 50.0 Å². The number of ether oxygens (including phenoxy) is 2. The van der Waals surface area contributed by atoms with Crippen molar-refractivity contribution in [3.63, 3.8) is 0 Å². The number of nitrogens with one attached hydrogen (secondary N) is 1. The quantitative estimate of drug-likeness (QED) is 0.711. The predicted molar refractivity (Wildman–Crippen MR) is 98.4 cm³/mol. The maximum atomic E-state index is 11.5. The van der Waals surface area contributed by atoms with Crippen molar-refractivity contribution in [1.29, 1.82) is 0 Å². The SMILES string of the molecule is COc1cc(-c2nccn2-c2ccc(NS(C)(=O)=O)c(OC)c2)ccn1. The summed E-state index contributed by atoms with van der Waals surface area (Å²) in [5.41, 5.74) is 1.97. The summed E-state index contributed by atoms with van der Waals surface area (Å²) in [5, 5.41) is 0. The Bertz CT molecular complexity index is 1030. The molecule has 3 rings (SSSR count). The fourth-order valence-electron chi connectivity index (χ4n) is 2.50. The molecule has 136 valence electrons. The van der Waals surface area contributed by atoms with Gasteiger partial charge in [0.2, 0.25) is 15.9 Å². The minimum Gasteiger partial charge on any atom is -0.494 e. The Labute approximate surface area is 151 Å². The standard InChI is InChI=1S/C17H18N4O4S/c1-24-15-11-13(4-5-14(15)20-26(3,22)23)21-9-8-19-17(21)12-6-7-18-16(10-12)25-2/h4-11,20H,1-3H3. The molecule has 0 saturated carbocycles. The number of aromatic nitrogens is 3. The average molecular weight is 374 g/mol. The summed E-state index contributed by atoms with van der Waals surface area (Å²) < 4.78 is 37.7. The number of rotatable bonds is 6. The van der Waals surface area contributed by atoms with Gasteiger partial charge in [0.15, 0.2) is 0 Å². The first-order valence-electron chi connectivity index (χ1n) is 7.61. The van der Waals surface area contributed by atoms with Crippen LogP contribution in [0.4, 0.5) is 5.69 Å². The van der Waals surface area contributed by atoms with Gasteiger partial charge in [-0.1, -0.05) is 0 Å². The zero-order chi connectivity index (χ0) is 18.7. The predicted octanol–water partition coefficient (Wildman–Crippen LogP) is 2.32. The minimum absolute atomic E-state index is 0.367. The van der Waals surface area contributed by atoms with Gasteiger partial charge in [-0.05, 0) is 18.2 Å². The molecule has 2 heterocycles. The molecule has 0 spiro atoms. The molecule has 9 heteroatoms. The molecule has 0 aliphatic carbocycles. The molecule has 0 fully saturated rings. The van der Waals surface area contributed by atoms with Crippen molar-refractivity contribution in [2.24, 2.45) is 0 Å². The first kappa shape index (κ1) is 17.7. The van der Waals surface area contributed by atoms with E-state index >= 15 is 0 Å². The third-order valence-corrected chi connectivity index (χ3v) is 4.19. The summed E-state index contributed by atoms with van der Waals surface area (Å²) in [6.45, 7) is 0. The highest BCUT2D eigenvalue weighted by Crippen LogP contribution is 2.30. The van der Waals surface area contributed by atoms with Gasteiger partial charge in [0.25, 0.3) is 0 Å². The molecular weight excluding hydrogens is 356 g/mol. The van der Waals surface area contributed by atoms with E-state index in [-0.39, 0.29) is 0 Å². The Morgan fingerprint density at radius 3 is 2.54 bits per heavy atom. The molecule has 0 aliphatic rings. The van der Waals surface area contributed by atoms with E-state index in [9.17, 15) is 8.42 Å². The second-order valence-electron chi connectivity index (χ2n) is 5.47. The Morgan fingerprint density at radius 1 is 1.04 bits per heavy atom. The third kappa shape index (κ3) is 3.77. The first-order chi connectivity index (χ1) is 12.4. The molecule has 0 radical (unpaired) electrons. The number of benzene rings is 1. The fraction of sp³-hybridized carbons (Fsp3) is 0.176. The number of nitrogens with zero attached hydrogens (tertiary/aromatic N) is 3. The summed E-state index contributed by atoms with van der Waals surface area (Å²) in [5.74, 6) is 1.58. The molecule has 0 unspecified atom stereocenters. The summed E-state index contributed by atoms with van der Waals surface area (Å²) in [6, 6.07) is 8.77. The van der Waals surface area contributed by atoms with Gasteiger partial charge in [0.05, 0.1) is 31.9 Å². The van der Waals surface area contributed by atoms with Gasteiger partial charge in [-0.3, -0.25) is 9.29 Å². The van der Waals surface area contributed by atoms with Crippen LogP contribution in [0.25, 0.3) is 17.1 Å². The van der Waals surface area contributed by atoms with E-state index < -0.39 is 10.0 Å². The van der Waals surface area contributed by atoms with Crippen molar-refractivity contribution in [1.82, 2.24) is 14.5 Å². The molecule has 0 bridgehead atoms. The van der Waals surface area contributed by atoms with E-state index in [1.165, 1.54) is 7.11 Å². The lowest BCUT2D eigenvalue weighted by atomic mass is 10.2. The van der Waals surface area contributed by atoms with Gasteiger partial charge in [-0.15, -0.1) is 0 Å². The van der Waals surface area contributed by atoms with Gasteiger partial charge in [0, 0.05) is 36.3 Å². The van der Waals surface area contributed by atoms with Crippen molar-refractivity contribution in [3.8, 4) is 28.7 Å². The van der Waals surface area contributed by atoms with Crippen molar-refractivity contribution < 1.29 is 17.9 Å². The smallest absolute Gasteiger partial charge is 0.229 e. The maximum Gasteiger partial charge on any atom is 0.229 e. The highest BCUT2D eigenvalue weighted by molar-refractivity contribution is 7.92. The summed E-state index contributed by atoms with van der Waals surface area (Å²) in [6.07, 6.45) is 6.22. The third-order valence-electron chi connectivity index (χ3n) is 3.60. The van der Waals surface area contributed by atoms with Crippen LogP contribution in [-0.4, -0.2) is 43.4 Å². The number of hydrogen-bond donors (Lipinski definition) is 1. The highest BCUT2D eigenvalue weighted by atomic mass is 32.2. The number of methoxy groups -OCH3 is 2. The van der Waals surface area contributed by atoms with Gasteiger partial charge in [-0.2, -0.15) is 0 Å². The van der Waals surface area contributed by atoms with Crippen LogP contribution in [0.15, 0.2) is 48.9 Å². The zero-order valence-corrected chi connectivity index (χ0v) is 15.3. The number of pyridine rings is 1. The van der Waals surface area contributed by atoms with Crippen molar-refractivity contribution in [2.75, 3.05) is 25.2 Å². The zero-order valence-electron chi connectivity index (χ0n) is 14.5. The van der Waals surface area contributed by atoms with E-state index in [4.69, 9.17) is 9.47 Å². The van der Waals surface area contributed by atoms with Crippen molar-refractivity contribution >= 4 is 15.7 Å². The minimum atomic E-state index is -3.41. The highest BCUT2D eigenvalue weighted by Gasteiger charge is 2.13. The molecule has 8 nitrogen and oxygen atoms in total. The number of sulfonamides is 1. The number of anilines is 1. The molecule has 0 saturated heterocycles. The van der Waals surface area contributed by atoms with Crippen LogP contribution in [0.3, 0.4) is 0 Å². The molecule has 26 heavy (non-hydrogen) atoms. The van der Waals surface area contributed by atoms with Gasteiger partial charge < -0.3 is 9.47 Å². The lowest BCUT2D eigenvalue weighted by Gasteiger charge is -2.13. The Balaban J connectivity index is 2.04. The van der Waals surface area contributed by atoms with Crippen LogP contribution in [0.1, 0.15) is 0 Å². The van der Waals surface area contributed by atoms with E-state index in [2.05, 4.69) is 14.7 Å². The second-order valence-corrected chi connectivity index (χ2v) is 7.21. The van der Waals surface area contributed by atoms with Crippen LogP contribution in [0.5, 0.6) is 11.6 Å². The Morgan fingerprint density at radius 2 is 1.85 bits per heavy atom. The summed E-state index contributed by atoms with van der Waals surface area (Å²) in [7, 11) is -0.371. The van der Waals surface area contributed by atoms with Gasteiger partial charge in [-0.25, -0.2) is 18.4 Å². The van der Waals surface area contributed by atoms with Gasteiger partial charge in [0.1, 0.15) is 11.6 Å². The monoisotopic (exact) mass is 374 g/mol. The van der Waals surface area contributed by atoms with Crippen molar-refractivity contribution in [2.45, 2.75) is 0 Å². The van der Waals surface area contributed by atoms with Crippen molar-refractivity contribution in [3.05, 3.63) is 48.9 Å². The second kappa shape index (κ2) is 7.04. The van der Waals surface area contributed by atoms with Crippen LogP contribution < -0.4 is 14.2 Å². The van der Waals surface area contributed by atoms with E-state index in [1.807, 2.05) is 10.6 Å². The maximum absolute atomic E-state index is 11.5. The number of imidazole rings is 1. The Hall–Kier alpha value is -3.07. The van der Waals surface area contributed by atoms with Gasteiger partial charge >= 0.3 is 0 Å². The summed E-state index contributed by atoms with van der Waals surface area (Å²) >= 11 is 0. The van der Waals surface area contributed by atoms with Crippen LogP contribution in [-0.2, 0) is 10.0 Å². The van der Waals surface area contributed by atoms with E-state index in [0.717, 1.165) is 17.5 Å². The molecule has 3 aromatic rings. The van der Waals surface area contributed by atoms with Crippen LogP contribution >= 0.6 is 0 Å². The van der Waals surface area contributed by atoms with Crippen LogP contribution in [0.2, 0.25) is 0 Å². The average Bonchev–Trinajstić information content (AvgIpc) is 3.10. The topological polar surface area (TPSA) is 95.3 Å². The summed E-state index contributed by atoms with van der Waals surface area (Å²) in [4.78, 5) is 8.50. The lowest BCUT2D eigenvalue weighted by Crippen LogP contribution is -2.10. The molecule has 2 aromatic heterocycles. The largest absolute Gasteiger partial charge is 0.494 e. The fourth-order valence-corrected chi connectivity index (χ4v) is 3.07. The molecule has 1 N–H and O–H groups in total. The molecular formula is C17H18N4O4S. The van der Waals surface area contributed by atoms with E-state index in [0.29, 0.717) is 23.1 Å². The van der Waals surface area contributed by atoms with Crippen LogP contribution in [0, 0.1) is 0 Å². The molecule has 0 aliphatic heterocycles. The molecule has 1 aromatic carbocycles. The lowest BCUT2D eigenvalue weighted by molar-refractivity contribution is 0.398. The normalized spacial score (nSPS) is 11.2. The first-order valence-corrected chi connectivity index (χ1v) is 9.50. The Kier molecular flexibility index (Phi) is 4.81. The number of hydrogen-bond acceptors (Lipinski definition) is 6.